The van der Waals surface area contributed by atoms with Crippen LogP contribution in [0.1, 0.15) is 42.5 Å². The molecule has 1 amide bonds. The van der Waals surface area contributed by atoms with E-state index in [1.807, 2.05) is 12.1 Å². The van der Waals surface area contributed by atoms with E-state index in [2.05, 4.69) is 36.2 Å². The lowest BCUT2D eigenvalue weighted by Crippen LogP contribution is -2.15. The number of nitrogens with one attached hydrogen (secondary N) is 1. The molecule has 5 nitrogen and oxygen atoms in total. The van der Waals surface area contributed by atoms with Gasteiger partial charge in [0, 0.05) is 23.1 Å². The first kappa shape index (κ1) is 17.8. The maximum absolute atomic E-state index is 14.6. The second kappa shape index (κ2) is 6.71. The van der Waals surface area contributed by atoms with Gasteiger partial charge in [-0.05, 0) is 42.2 Å². The molecule has 0 radical (unpaired) electrons. The number of carbonyl (C=O) groups is 1. The van der Waals surface area contributed by atoms with Gasteiger partial charge in [-0.15, -0.1) is 0 Å². The topological polar surface area (TPSA) is 68.0 Å². The van der Waals surface area contributed by atoms with E-state index in [1.165, 1.54) is 0 Å². The maximum Gasteiger partial charge on any atom is 0.280 e. The summed E-state index contributed by atoms with van der Waals surface area (Å²) in [6.45, 7) is 8.04. The molecule has 0 aliphatic heterocycles. The molecule has 0 atom stereocenters. The molecule has 3 aromatic rings. The van der Waals surface area contributed by atoms with Crippen molar-refractivity contribution in [2.24, 2.45) is 0 Å². The molecule has 1 aromatic carbocycles. The van der Waals surface area contributed by atoms with Gasteiger partial charge in [0.1, 0.15) is 0 Å². The van der Waals surface area contributed by atoms with Gasteiger partial charge in [-0.2, -0.15) is 4.39 Å². The van der Waals surface area contributed by atoms with Crippen LogP contribution >= 0.6 is 0 Å². The van der Waals surface area contributed by atoms with E-state index in [0.29, 0.717) is 16.9 Å². The van der Waals surface area contributed by atoms with Crippen molar-refractivity contribution in [3.63, 3.8) is 0 Å². The first-order chi connectivity index (χ1) is 12.3. The predicted molar refractivity (Wildman–Crippen MR) is 97.5 cm³/mol. The highest BCUT2D eigenvalue weighted by Gasteiger charge is 2.24. The average Bonchev–Trinajstić information content (AvgIpc) is 2.96. The Kier molecular flexibility index (Phi) is 4.59. The minimum Gasteiger partial charge on any atom is -0.352 e. The minimum absolute atomic E-state index is 0.0112. The fourth-order valence-electron chi connectivity index (χ4n) is 2.56. The Labute approximate surface area is 151 Å². The van der Waals surface area contributed by atoms with Crippen LogP contribution in [-0.2, 0) is 5.41 Å². The number of halogens is 1. The van der Waals surface area contributed by atoms with Gasteiger partial charge in [0.05, 0.1) is 0 Å². The number of amides is 1. The SMILES string of the molecule is Cc1ncccc1-c1onc(C(=O)Nc2ccc(C(C)(C)C)cc2)c1F. The van der Waals surface area contributed by atoms with Gasteiger partial charge in [-0.25, -0.2) is 0 Å². The van der Waals surface area contributed by atoms with Crippen LogP contribution in [0.2, 0.25) is 0 Å². The molecule has 0 bridgehead atoms. The van der Waals surface area contributed by atoms with Crippen LogP contribution in [0, 0.1) is 12.7 Å². The Morgan fingerprint density at radius 3 is 2.46 bits per heavy atom. The summed E-state index contributed by atoms with van der Waals surface area (Å²) < 4.78 is 19.7. The zero-order valence-corrected chi connectivity index (χ0v) is 15.1. The van der Waals surface area contributed by atoms with Crippen LogP contribution in [0.5, 0.6) is 0 Å². The molecule has 0 fully saturated rings. The third kappa shape index (κ3) is 3.49. The Hall–Kier alpha value is -3.02. The van der Waals surface area contributed by atoms with Crippen LogP contribution in [0.3, 0.4) is 0 Å². The van der Waals surface area contributed by atoms with Crippen LogP contribution in [0.4, 0.5) is 10.1 Å². The molecule has 134 valence electrons. The Morgan fingerprint density at radius 2 is 1.85 bits per heavy atom. The van der Waals surface area contributed by atoms with Crippen molar-refractivity contribution < 1.29 is 13.7 Å². The molecular weight excluding hydrogens is 333 g/mol. The lowest BCUT2D eigenvalue weighted by molar-refractivity contribution is 0.101. The maximum atomic E-state index is 14.6. The number of hydrogen-bond acceptors (Lipinski definition) is 4. The summed E-state index contributed by atoms with van der Waals surface area (Å²) in [5, 5.41) is 6.24. The zero-order valence-electron chi connectivity index (χ0n) is 15.1. The predicted octanol–water partition coefficient (Wildman–Crippen LogP) is 4.73. The average molecular weight is 353 g/mol. The normalized spacial score (nSPS) is 11.4. The van der Waals surface area contributed by atoms with E-state index in [-0.39, 0.29) is 16.9 Å². The number of hydrogen-bond donors (Lipinski definition) is 1. The molecule has 0 spiro atoms. The van der Waals surface area contributed by atoms with E-state index in [9.17, 15) is 9.18 Å². The summed E-state index contributed by atoms with van der Waals surface area (Å²) in [5.41, 5.74) is 2.38. The summed E-state index contributed by atoms with van der Waals surface area (Å²) in [7, 11) is 0. The summed E-state index contributed by atoms with van der Waals surface area (Å²) in [4.78, 5) is 16.4. The number of anilines is 1. The van der Waals surface area contributed by atoms with Crippen molar-refractivity contribution >= 4 is 11.6 Å². The summed E-state index contributed by atoms with van der Waals surface area (Å²) in [6, 6.07) is 10.8. The van der Waals surface area contributed by atoms with E-state index in [0.717, 1.165) is 5.56 Å². The molecule has 6 heteroatoms. The van der Waals surface area contributed by atoms with E-state index in [4.69, 9.17) is 4.52 Å². The Balaban J connectivity index is 1.82. The molecule has 2 aromatic heterocycles. The van der Waals surface area contributed by atoms with Crippen LogP contribution in [0.15, 0.2) is 47.1 Å². The Morgan fingerprint density at radius 1 is 1.15 bits per heavy atom. The highest BCUT2D eigenvalue weighted by Crippen LogP contribution is 2.27. The van der Waals surface area contributed by atoms with Gasteiger partial charge >= 0.3 is 0 Å². The van der Waals surface area contributed by atoms with Crippen molar-refractivity contribution in [2.45, 2.75) is 33.1 Å². The van der Waals surface area contributed by atoms with E-state index < -0.39 is 11.7 Å². The quantitative estimate of drug-likeness (QED) is 0.739. The number of pyridine rings is 1. The second-order valence-corrected chi connectivity index (χ2v) is 7.09. The van der Waals surface area contributed by atoms with Crippen molar-refractivity contribution in [3.8, 4) is 11.3 Å². The number of aromatic nitrogens is 2. The van der Waals surface area contributed by atoms with Crippen molar-refractivity contribution in [2.75, 3.05) is 5.32 Å². The highest BCUT2D eigenvalue weighted by atomic mass is 19.1. The standard InChI is InChI=1S/C20H20FN3O2/c1-12-15(6-5-11-22-12)18-16(21)17(24-26-18)19(25)23-14-9-7-13(8-10-14)20(2,3)4/h5-11H,1-4H3,(H,23,25). The minimum atomic E-state index is -0.801. The van der Waals surface area contributed by atoms with Crippen LogP contribution in [-0.4, -0.2) is 16.0 Å². The molecular formula is C20H20FN3O2. The largest absolute Gasteiger partial charge is 0.352 e. The highest BCUT2D eigenvalue weighted by molar-refractivity contribution is 6.03. The lowest BCUT2D eigenvalue weighted by Gasteiger charge is -2.19. The third-order valence-electron chi connectivity index (χ3n) is 4.11. The number of aryl methyl sites for hydroxylation is 1. The molecule has 0 aliphatic rings. The smallest absolute Gasteiger partial charge is 0.280 e. The fourth-order valence-corrected chi connectivity index (χ4v) is 2.56. The molecule has 26 heavy (non-hydrogen) atoms. The number of carbonyl (C=O) groups excluding carboxylic acids is 1. The van der Waals surface area contributed by atoms with Crippen LogP contribution < -0.4 is 5.32 Å². The van der Waals surface area contributed by atoms with Gasteiger partial charge in [-0.3, -0.25) is 9.78 Å². The molecule has 0 saturated carbocycles. The monoisotopic (exact) mass is 353 g/mol. The molecule has 0 saturated heterocycles. The molecule has 1 N–H and O–H groups in total. The molecule has 2 heterocycles. The Bertz CT molecular complexity index is 940. The van der Waals surface area contributed by atoms with Gasteiger partial charge in [0.15, 0.2) is 0 Å². The third-order valence-corrected chi connectivity index (χ3v) is 4.11. The van der Waals surface area contributed by atoms with Gasteiger partial charge in [0.25, 0.3) is 5.91 Å². The fraction of sp³-hybridized carbons (Fsp3) is 0.250. The zero-order chi connectivity index (χ0) is 18.9. The first-order valence-corrected chi connectivity index (χ1v) is 8.26. The van der Waals surface area contributed by atoms with Crippen molar-refractivity contribution in [3.05, 3.63) is 65.4 Å². The summed E-state index contributed by atoms with van der Waals surface area (Å²) in [5.74, 6) is -1.56. The number of rotatable bonds is 3. The van der Waals surface area contributed by atoms with Gasteiger partial charge in [0.2, 0.25) is 17.3 Å². The first-order valence-electron chi connectivity index (χ1n) is 8.26. The van der Waals surface area contributed by atoms with Crippen LogP contribution in [0.25, 0.3) is 11.3 Å². The van der Waals surface area contributed by atoms with E-state index in [1.54, 1.807) is 37.4 Å². The molecule has 0 aliphatic carbocycles. The van der Waals surface area contributed by atoms with Gasteiger partial charge in [-0.1, -0.05) is 38.1 Å². The summed E-state index contributed by atoms with van der Waals surface area (Å²) in [6.07, 6.45) is 1.60. The van der Waals surface area contributed by atoms with Crippen molar-refractivity contribution in [1.29, 1.82) is 0 Å². The molecule has 3 rings (SSSR count). The second-order valence-electron chi connectivity index (χ2n) is 7.09. The lowest BCUT2D eigenvalue weighted by atomic mass is 9.87. The van der Waals surface area contributed by atoms with E-state index >= 15 is 0 Å². The summed E-state index contributed by atoms with van der Waals surface area (Å²) >= 11 is 0. The van der Waals surface area contributed by atoms with Crippen molar-refractivity contribution in [1.82, 2.24) is 10.1 Å². The number of benzene rings is 1. The van der Waals surface area contributed by atoms with Gasteiger partial charge < -0.3 is 9.84 Å². The number of nitrogens with zero attached hydrogens (tertiary/aromatic N) is 2. The molecule has 0 unspecified atom stereocenters.